The molecule has 2 unspecified atom stereocenters. The third-order valence-electron chi connectivity index (χ3n) is 4.45. The van der Waals surface area contributed by atoms with Crippen molar-refractivity contribution < 1.29 is 15.0 Å². The Morgan fingerprint density at radius 1 is 1.00 bits per heavy atom. The van der Waals surface area contributed by atoms with Crippen molar-refractivity contribution >= 4 is 5.91 Å². The van der Waals surface area contributed by atoms with Gasteiger partial charge in [-0.15, -0.1) is 0 Å². The van der Waals surface area contributed by atoms with E-state index < -0.39 is 12.1 Å². The van der Waals surface area contributed by atoms with Gasteiger partial charge in [-0.3, -0.25) is 4.79 Å². The van der Waals surface area contributed by atoms with Gasteiger partial charge in [0, 0.05) is 0 Å². The third-order valence-corrected chi connectivity index (χ3v) is 4.45. The van der Waals surface area contributed by atoms with Crippen LogP contribution in [0.25, 0.3) is 0 Å². The minimum atomic E-state index is -0.881. The zero-order valence-corrected chi connectivity index (χ0v) is 16.1. The van der Waals surface area contributed by atoms with E-state index in [0.29, 0.717) is 0 Å². The van der Waals surface area contributed by atoms with Crippen LogP contribution in [0, 0.1) is 0 Å². The summed E-state index contributed by atoms with van der Waals surface area (Å²) in [5.74, 6) is -0.378. The van der Waals surface area contributed by atoms with E-state index in [4.69, 9.17) is 5.73 Å². The first-order valence-electron chi connectivity index (χ1n) is 10.1. The van der Waals surface area contributed by atoms with Crippen LogP contribution in [0.5, 0.6) is 0 Å². The molecule has 0 radical (unpaired) electrons. The summed E-state index contributed by atoms with van der Waals surface area (Å²) in [5, 5.41) is 21.6. The molecule has 25 heavy (non-hydrogen) atoms. The third kappa shape index (κ3) is 15.1. The number of hydrogen-bond acceptors (Lipinski definition) is 4. The van der Waals surface area contributed by atoms with Gasteiger partial charge in [0.05, 0.1) is 25.3 Å². The van der Waals surface area contributed by atoms with Crippen LogP contribution in [0.3, 0.4) is 0 Å². The maximum atomic E-state index is 11.2. The first-order chi connectivity index (χ1) is 12.2. The van der Waals surface area contributed by atoms with Crippen molar-refractivity contribution in [2.45, 2.75) is 96.1 Å². The highest BCUT2D eigenvalue weighted by molar-refractivity contribution is 5.78. The van der Waals surface area contributed by atoms with E-state index in [1.54, 1.807) is 6.08 Å². The molecule has 0 aliphatic heterocycles. The summed E-state index contributed by atoms with van der Waals surface area (Å²) in [7, 11) is 0. The maximum Gasteiger partial charge on any atom is 0.234 e. The molecule has 0 rings (SSSR count). The second-order valence-corrected chi connectivity index (χ2v) is 6.80. The molecule has 5 N–H and O–H groups in total. The number of hydrogen-bond donors (Lipinski definition) is 4. The Labute approximate surface area is 154 Å². The summed E-state index contributed by atoms with van der Waals surface area (Å²) in [4.78, 5) is 11.2. The van der Waals surface area contributed by atoms with Crippen molar-refractivity contribution in [2.75, 3.05) is 13.2 Å². The minimum Gasteiger partial charge on any atom is -0.394 e. The zero-order valence-electron chi connectivity index (χ0n) is 16.1. The second kappa shape index (κ2) is 17.9. The van der Waals surface area contributed by atoms with E-state index in [9.17, 15) is 15.0 Å². The molecular formula is C20H40N2O3. The first kappa shape index (κ1) is 24.1. The molecule has 0 aromatic heterocycles. The largest absolute Gasteiger partial charge is 0.394 e. The molecule has 148 valence electrons. The molecular weight excluding hydrogens is 316 g/mol. The molecule has 0 spiro atoms. The van der Waals surface area contributed by atoms with Crippen LogP contribution in [0.1, 0.15) is 84.0 Å². The van der Waals surface area contributed by atoms with Crippen LogP contribution < -0.4 is 11.1 Å². The van der Waals surface area contributed by atoms with Gasteiger partial charge in [0.1, 0.15) is 0 Å². The molecule has 5 nitrogen and oxygen atoms in total. The van der Waals surface area contributed by atoms with Crippen LogP contribution in [0.15, 0.2) is 12.2 Å². The molecule has 5 heteroatoms. The topological polar surface area (TPSA) is 95.6 Å². The Morgan fingerprint density at radius 3 is 2.00 bits per heavy atom. The molecule has 0 saturated carbocycles. The summed E-state index contributed by atoms with van der Waals surface area (Å²) in [6.45, 7) is 1.79. The van der Waals surface area contributed by atoms with E-state index in [1.807, 2.05) is 6.08 Å². The lowest BCUT2D eigenvalue weighted by Gasteiger charge is -2.19. The van der Waals surface area contributed by atoms with E-state index in [-0.39, 0.29) is 19.1 Å². The minimum absolute atomic E-state index is 0.147. The SMILES string of the molecule is CCCCCCCCCCCCCC=CC(O)C(CO)NC(=O)CN. The van der Waals surface area contributed by atoms with Gasteiger partial charge in [0.2, 0.25) is 5.91 Å². The quantitative estimate of drug-likeness (QED) is 0.238. The monoisotopic (exact) mass is 356 g/mol. The molecule has 2 atom stereocenters. The highest BCUT2D eigenvalue weighted by atomic mass is 16.3. The van der Waals surface area contributed by atoms with Crippen molar-refractivity contribution in [3.8, 4) is 0 Å². The lowest BCUT2D eigenvalue weighted by atomic mass is 10.0. The summed E-state index contributed by atoms with van der Waals surface area (Å²) in [5.41, 5.74) is 5.21. The van der Waals surface area contributed by atoms with Crippen molar-refractivity contribution in [2.24, 2.45) is 5.73 Å². The maximum absolute atomic E-state index is 11.2. The molecule has 0 aromatic rings. The van der Waals surface area contributed by atoms with E-state index in [2.05, 4.69) is 12.2 Å². The molecule has 0 aliphatic carbocycles. The molecule has 0 saturated heterocycles. The molecule has 0 aromatic carbocycles. The molecule has 1 amide bonds. The Hall–Kier alpha value is -0.910. The predicted octanol–water partition coefficient (Wildman–Crippen LogP) is 3.04. The van der Waals surface area contributed by atoms with Crippen LogP contribution >= 0.6 is 0 Å². The van der Waals surface area contributed by atoms with Gasteiger partial charge in [0.15, 0.2) is 0 Å². The Morgan fingerprint density at radius 2 is 1.52 bits per heavy atom. The van der Waals surface area contributed by atoms with Gasteiger partial charge in [-0.25, -0.2) is 0 Å². The Balaban J connectivity index is 3.54. The van der Waals surface area contributed by atoms with Gasteiger partial charge < -0.3 is 21.3 Å². The number of carbonyl (C=O) groups excluding carboxylic acids is 1. The van der Waals surface area contributed by atoms with E-state index >= 15 is 0 Å². The molecule has 0 aliphatic rings. The van der Waals surface area contributed by atoms with Crippen LogP contribution in [-0.4, -0.2) is 41.4 Å². The zero-order chi connectivity index (χ0) is 18.8. The van der Waals surface area contributed by atoms with Gasteiger partial charge >= 0.3 is 0 Å². The van der Waals surface area contributed by atoms with Gasteiger partial charge in [-0.05, 0) is 12.8 Å². The van der Waals surface area contributed by atoms with Crippen molar-refractivity contribution in [1.29, 1.82) is 0 Å². The fraction of sp³-hybridized carbons (Fsp3) is 0.850. The van der Waals surface area contributed by atoms with E-state index in [0.717, 1.165) is 12.8 Å². The highest BCUT2D eigenvalue weighted by Crippen LogP contribution is 2.12. The molecule has 0 fully saturated rings. The number of unbranched alkanes of at least 4 members (excludes halogenated alkanes) is 11. The lowest BCUT2D eigenvalue weighted by Crippen LogP contribution is -2.47. The summed E-state index contributed by atoms with van der Waals surface area (Å²) >= 11 is 0. The Bertz CT molecular complexity index is 335. The number of amides is 1. The average molecular weight is 357 g/mol. The number of nitrogens with one attached hydrogen (secondary N) is 1. The fourth-order valence-electron chi connectivity index (χ4n) is 2.80. The van der Waals surface area contributed by atoms with Gasteiger partial charge in [-0.1, -0.05) is 83.3 Å². The van der Waals surface area contributed by atoms with Crippen LogP contribution in [-0.2, 0) is 4.79 Å². The normalized spacial score (nSPS) is 13.9. The van der Waals surface area contributed by atoms with Crippen LogP contribution in [0.4, 0.5) is 0 Å². The number of carbonyl (C=O) groups is 1. The number of rotatable bonds is 17. The summed E-state index contributed by atoms with van der Waals surface area (Å²) in [6.07, 6.45) is 18.1. The van der Waals surface area contributed by atoms with Crippen molar-refractivity contribution in [3.05, 3.63) is 12.2 Å². The number of nitrogens with two attached hydrogens (primary N) is 1. The number of allylic oxidation sites excluding steroid dienone is 1. The van der Waals surface area contributed by atoms with Crippen LogP contribution in [0.2, 0.25) is 0 Å². The predicted molar refractivity (Wildman–Crippen MR) is 104 cm³/mol. The van der Waals surface area contributed by atoms with E-state index in [1.165, 1.54) is 64.2 Å². The first-order valence-corrected chi connectivity index (χ1v) is 10.1. The lowest BCUT2D eigenvalue weighted by molar-refractivity contribution is -0.121. The highest BCUT2D eigenvalue weighted by Gasteiger charge is 2.17. The Kier molecular flexibility index (Phi) is 17.2. The van der Waals surface area contributed by atoms with Crippen molar-refractivity contribution in [1.82, 2.24) is 5.32 Å². The van der Waals surface area contributed by atoms with Crippen molar-refractivity contribution in [3.63, 3.8) is 0 Å². The fourth-order valence-corrected chi connectivity index (χ4v) is 2.80. The summed E-state index contributed by atoms with van der Waals surface area (Å²) < 4.78 is 0. The second-order valence-electron chi connectivity index (χ2n) is 6.80. The average Bonchev–Trinajstić information content (AvgIpc) is 2.63. The van der Waals surface area contributed by atoms with Gasteiger partial charge in [-0.2, -0.15) is 0 Å². The standard InChI is InChI=1S/C20H40N2O3/c1-2-3-4-5-6-7-8-9-10-11-12-13-14-15-19(24)18(17-23)22-20(25)16-21/h14-15,18-19,23-24H,2-13,16-17,21H2,1H3,(H,22,25). The van der Waals surface area contributed by atoms with Gasteiger partial charge in [0.25, 0.3) is 0 Å². The molecule has 0 heterocycles. The summed E-state index contributed by atoms with van der Waals surface area (Å²) in [6, 6.07) is -0.690. The number of aliphatic hydroxyl groups excluding tert-OH is 2. The molecule has 0 bridgehead atoms. The smallest absolute Gasteiger partial charge is 0.234 e. The number of aliphatic hydroxyl groups is 2.